The van der Waals surface area contributed by atoms with Gasteiger partial charge in [-0.25, -0.2) is 4.98 Å². The number of carbonyl (C=O) groups excluding carboxylic acids is 1. The van der Waals surface area contributed by atoms with E-state index in [2.05, 4.69) is 14.3 Å². The summed E-state index contributed by atoms with van der Waals surface area (Å²) in [5.74, 6) is 2.96. The van der Waals surface area contributed by atoms with E-state index < -0.39 is 0 Å². The summed E-state index contributed by atoms with van der Waals surface area (Å²) >= 11 is 1.53. The normalized spacial score (nSPS) is 22.8. The highest BCUT2D eigenvalue weighted by molar-refractivity contribution is 7.09. The lowest BCUT2D eigenvalue weighted by molar-refractivity contribution is -0.131. The number of anilines is 1. The number of hydrogen-bond acceptors (Lipinski definition) is 5. The van der Waals surface area contributed by atoms with Crippen molar-refractivity contribution >= 4 is 22.6 Å². The highest BCUT2D eigenvalue weighted by atomic mass is 32.1. The largest absolute Gasteiger partial charge is 0.346 e. The fourth-order valence-corrected chi connectivity index (χ4v) is 3.59. The van der Waals surface area contributed by atoms with Gasteiger partial charge in [0.05, 0.1) is 0 Å². The number of amides is 1. The maximum atomic E-state index is 11.9. The molecular formula is C14H20N4OS. The minimum absolute atomic E-state index is 0.334. The maximum Gasteiger partial charge on any atom is 0.225 e. The number of rotatable bonds is 5. The lowest BCUT2D eigenvalue weighted by Crippen LogP contribution is -2.52. The fourth-order valence-electron chi connectivity index (χ4n) is 2.82. The van der Waals surface area contributed by atoms with Crippen molar-refractivity contribution in [2.24, 2.45) is 11.8 Å². The SMILES string of the molecule is CN(CC1CN(c2nc(C3CC3)ns2)C1)C(=O)C1CC1. The first kappa shape index (κ1) is 12.6. The molecule has 1 saturated heterocycles. The third kappa shape index (κ3) is 2.41. The van der Waals surface area contributed by atoms with Gasteiger partial charge in [0.15, 0.2) is 0 Å². The minimum atomic E-state index is 0.334. The fraction of sp³-hybridized carbons (Fsp3) is 0.786. The Balaban J connectivity index is 1.27. The van der Waals surface area contributed by atoms with E-state index in [-0.39, 0.29) is 0 Å². The van der Waals surface area contributed by atoms with Gasteiger partial charge in [0.1, 0.15) is 5.82 Å². The summed E-state index contributed by atoms with van der Waals surface area (Å²) in [6, 6.07) is 0. The first-order valence-corrected chi connectivity index (χ1v) is 8.31. The van der Waals surface area contributed by atoms with Crippen LogP contribution in [0.25, 0.3) is 0 Å². The standard InChI is InChI=1S/C14H20N4OS/c1-17(13(19)11-4-5-11)6-9-7-18(8-9)14-15-12(16-20-14)10-2-3-10/h9-11H,2-8H2,1H3. The average Bonchev–Trinajstić information content (AvgIpc) is 3.30. The van der Waals surface area contributed by atoms with Gasteiger partial charge in [-0.1, -0.05) is 0 Å². The van der Waals surface area contributed by atoms with Crippen LogP contribution in [-0.4, -0.2) is 46.8 Å². The second-order valence-electron chi connectivity index (χ2n) is 6.47. The lowest BCUT2D eigenvalue weighted by atomic mass is 10.0. The zero-order chi connectivity index (χ0) is 13.7. The minimum Gasteiger partial charge on any atom is -0.346 e. The Morgan fingerprint density at radius 1 is 1.35 bits per heavy atom. The molecular weight excluding hydrogens is 272 g/mol. The van der Waals surface area contributed by atoms with Gasteiger partial charge in [-0.15, -0.1) is 0 Å². The topological polar surface area (TPSA) is 49.3 Å². The molecule has 2 saturated carbocycles. The molecule has 1 aliphatic heterocycles. The van der Waals surface area contributed by atoms with E-state index in [1.807, 2.05) is 11.9 Å². The molecule has 0 N–H and O–H groups in total. The first-order chi connectivity index (χ1) is 9.70. The van der Waals surface area contributed by atoms with Gasteiger partial charge in [-0.05, 0) is 25.7 Å². The van der Waals surface area contributed by atoms with Gasteiger partial charge in [0.2, 0.25) is 11.0 Å². The van der Waals surface area contributed by atoms with Gasteiger partial charge in [0, 0.05) is 56.0 Å². The maximum absolute atomic E-state index is 11.9. The molecule has 0 aromatic carbocycles. The third-order valence-corrected chi connectivity index (χ3v) is 5.23. The zero-order valence-electron chi connectivity index (χ0n) is 11.8. The second-order valence-corrected chi connectivity index (χ2v) is 7.20. The summed E-state index contributed by atoms with van der Waals surface area (Å²) in [6.07, 6.45) is 4.70. The van der Waals surface area contributed by atoms with Crippen LogP contribution in [0, 0.1) is 11.8 Å². The molecule has 3 aliphatic rings. The second kappa shape index (κ2) is 4.69. The Bertz CT molecular complexity index is 517. The summed E-state index contributed by atoms with van der Waals surface area (Å²) in [5.41, 5.74) is 0. The summed E-state index contributed by atoms with van der Waals surface area (Å²) in [7, 11) is 1.94. The van der Waals surface area contributed by atoms with Crippen LogP contribution in [-0.2, 0) is 4.79 Å². The molecule has 0 unspecified atom stereocenters. The van der Waals surface area contributed by atoms with Crippen molar-refractivity contribution in [3.05, 3.63) is 5.82 Å². The Hall–Kier alpha value is -1.17. The molecule has 5 nitrogen and oxygen atoms in total. The van der Waals surface area contributed by atoms with Crippen molar-refractivity contribution in [1.82, 2.24) is 14.3 Å². The monoisotopic (exact) mass is 292 g/mol. The highest BCUT2D eigenvalue weighted by Crippen LogP contribution is 2.40. The van der Waals surface area contributed by atoms with Crippen LogP contribution in [0.15, 0.2) is 0 Å². The Morgan fingerprint density at radius 2 is 2.10 bits per heavy atom. The molecule has 2 heterocycles. The number of carbonyl (C=O) groups is 1. The van der Waals surface area contributed by atoms with E-state index in [0.717, 1.165) is 43.4 Å². The van der Waals surface area contributed by atoms with Gasteiger partial charge in [-0.2, -0.15) is 4.37 Å². The van der Waals surface area contributed by atoms with Crippen molar-refractivity contribution < 1.29 is 4.79 Å². The Labute approximate surface area is 123 Å². The Kier molecular flexibility index (Phi) is 2.94. The number of aromatic nitrogens is 2. The van der Waals surface area contributed by atoms with Crippen LogP contribution < -0.4 is 4.90 Å². The third-order valence-electron chi connectivity index (χ3n) is 4.44. The quantitative estimate of drug-likeness (QED) is 0.829. The van der Waals surface area contributed by atoms with Crippen molar-refractivity contribution in [3.63, 3.8) is 0 Å². The average molecular weight is 292 g/mol. The molecule has 3 fully saturated rings. The van der Waals surface area contributed by atoms with Crippen molar-refractivity contribution in [3.8, 4) is 0 Å². The van der Waals surface area contributed by atoms with E-state index >= 15 is 0 Å². The molecule has 0 bridgehead atoms. The van der Waals surface area contributed by atoms with E-state index in [4.69, 9.17) is 0 Å². The summed E-state index contributed by atoms with van der Waals surface area (Å²) in [4.78, 5) is 20.8. The predicted molar refractivity (Wildman–Crippen MR) is 77.9 cm³/mol. The zero-order valence-corrected chi connectivity index (χ0v) is 12.6. The molecule has 1 amide bonds. The van der Waals surface area contributed by atoms with Crippen LogP contribution in [0.2, 0.25) is 0 Å². The van der Waals surface area contributed by atoms with Crippen LogP contribution in [0.4, 0.5) is 5.13 Å². The number of nitrogens with zero attached hydrogens (tertiary/aromatic N) is 4. The van der Waals surface area contributed by atoms with Crippen LogP contribution in [0.3, 0.4) is 0 Å². The molecule has 2 aliphatic carbocycles. The molecule has 1 aromatic rings. The van der Waals surface area contributed by atoms with E-state index in [1.165, 1.54) is 24.4 Å². The number of hydrogen-bond donors (Lipinski definition) is 0. The molecule has 1 aromatic heterocycles. The Morgan fingerprint density at radius 3 is 2.75 bits per heavy atom. The smallest absolute Gasteiger partial charge is 0.225 e. The van der Waals surface area contributed by atoms with Gasteiger partial charge >= 0.3 is 0 Å². The molecule has 20 heavy (non-hydrogen) atoms. The van der Waals surface area contributed by atoms with Crippen molar-refractivity contribution in [1.29, 1.82) is 0 Å². The molecule has 6 heteroatoms. The molecule has 0 spiro atoms. The highest BCUT2D eigenvalue weighted by Gasteiger charge is 2.36. The van der Waals surface area contributed by atoms with Crippen LogP contribution in [0.5, 0.6) is 0 Å². The first-order valence-electron chi connectivity index (χ1n) is 7.54. The molecule has 4 rings (SSSR count). The summed E-state index contributed by atoms with van der Waals surface area (Å²) < 4.78 is 4.45. The molecule has 108 valence electrons. The molecule has 0 atom stereocenters. The van der Waals surface area contributed by atoms with Gasteiger partial charge in [0.25, 0.3) is 0 Å². The van der Waals surface area contributed by atoms with Crippen molar-refractivity contribution in [2.75, 3.05) is 31.6 Å². The van der Waals surface area contributed by atoms with Gasteiger partial charge < -0.3 is 9.80 Å². The lowest BCUT2D eigenvalue weighted by Gasteiger charge is -2.40. The molecule has 0 radical (unpaired) electrons. The predicted octanol–water partition coefficient (Wildman–Crippen LogP) is 1.72. The van der Waals surface area contributed by atoms with E-state index in [1.54, 1.807) is 0 Å². The van der Waals surface area contributed by atoms with Crippen molar-refractivity contribution in [2.45, 2.75) is 31.6 Å². The van der Waals surface area contributed by atoms with E-state index in [9.17, 15) is 4.79 Å². The van der Waals surface area contributed by atoms with Gasteiger partial charge in [-0.3, -0.25) is 4.79 Å². The summed E-state index contributed by atoms with van der Waals surface area (Å²) in [6.45, 7) is 2.92. The van der Waals surface area contributed by atoms with Crippen LogP contribution >= 0.6 is 11.5 Å². The van der Waals surface area contributed by atoms with Crippen LogP contribution in [0.1, 0.15) is 37.4 Å². The summed E-state index contributed by atoms with van der Waals surface area (Å²) in [5, 5.41) is 1.07. The van der Waals surface area contributed by atoms with E-state index in [0.29, 0.717) is 23.7 Å².